The van der Waals surface area contributed by atoms with Gasteiger partial charge in [0.15, 0.2) is 0 Å². The van der Waals surface area contributed by atoms with Gasteiger partial charge in [0.05, 0.1) is 0 Å². The van der Waals surface area contributed by atoms with Crippen molar-refractivity contribution in [2.24, 2.45) is 0 Å². The van der Waals surface area contributed by atoms with Gasteiger partial charge in [0.25, 0.3) is 0 Å². The van der Waals surface area contributed by atoms with Crippen molar-refractivity contribution in [2.45, 2.75) is 0 Å². The molecule has 0 aliphatic heterocycles. The Hall–Kier alpha value is -1.07. The SMILES string of the molecule is C[PH](=O)c1cccc2ccccc12. The van der Waals surface area contributed by atoms with Gasteiger partial charge in [-0.1, -0.05) is 42.5 Å². The highest BCUT2D eigenvalue weighted by Gasteiger charge is 2.01. The zero-order valence-electron chi connectivity index (χ0n) is 7.45. The van der Waals surface area contributed by atoms with E-state index in [4.69, 9.17) is 0 Å². The van der Waals surface area contributed by atoms with Gasteiger partial charge in [-0.25, -0.2) is 0 Å². The van der Waals surface area contributed by atoms with E-state index in [0.717, 1.165) is 10.7 Å². The summed E-state index contributed by atoms with van der Waals surface area (Å²) in [6, 6.07) is 14.0. The van der Waals surface area contributed by atoms with Crippen molar-refractivity contribution >= 4 is 23.9 Å². The lowest BCUT2D eigenvalue weighted by Gasteiger charge is -2.02. The van der Waals surface area contributed by atoms with Gasteiger partial charge in [-0.15, -0.1) is 0 Å². The highest BCUT2D eigenvalue weighted by molar-refractivity contribution is 7.53. The molecule has 2 aromatic carbocycles. The van der Waals surface area contributed by atoms with E-state index in [-0.39, 0.29) is 0 Å². The summed E-state index contributed by atoms with van der Waals surface area (Å²) in [6.45, 7) is 1.78. The first-order valence-electron chi connectivity index (χ1n) is 4.28. The van der Waals surface area contributed by atoms with Crippen molar-refractivity contribution in [1.82, 2.24) is 0 Å². The fourth-order valence-corrected chi connectivity index (χ4v) is 2.47. The minimum absolute atomic E-state index is 0.989. The van der Waals surface area contributed by atoms with Crippen molar-refractivity contribution < 1.29 is 4.57 Å². The number of hydrogen-bond donors (Lipinski definition) is 0. The van der Waals surface area contributed by atoms with E-state index in [1.165, 1.54) is 5.39 Å². The monoisotopic (exact) mass is 190 g/mol. The third kappa shape index (κ3) is 1.52. The lowest BCUT2D eigenvalue weighted by molar-refractivity contribution is 0.596. The molecule has 2 rings (SSSR count). The van der Waals surface area contributed by atoms with Crippen molar-refractivity contribution in [3.63, 3.8) is 0 Å². The first kappa shape index (κ1) is 8.52. The standard InChI is InChI=1S/C11H11OP/c1-13(12)11-8-4-6-9-5-2-3-7-10(9)11/h2-8,13H,1H3. The van der Waals surface area contributed by atoms with Crippen LogP contribution >= 0.6 is 7.80 Å². The van der Waals surface area contributed by atoms with Crippen LogP contribution in [0.1, 0.15) is 0 Å². The third-order valence-electron chi connectivity index (χ3n) is 2.17. The van der Waals surface area contributed by atoms with Crippen LogP contribution in [0.5, 0.6) is 0 Å². The Morgan fingerprint density at radius 2 is 1.69 bits per heavy atom. The normalized spacial score (nSPS) is 13.0. The number of hydrogen-bond acceptors (Lipinski definition) is 1. The maximum Gasteiger partial charge on any atom is 0.101 e. The van der Waals surface area contributed by atoms with Crippen LogP contribution in [0.15, 0.2) is 42.5 Å². The maximum atomic E-state index is 11.4. The molecule has 0 radical (unpaired) electrons. The molecule has 0 saturated carbocycles. The fraction of sp³-hybridized carbons (Fsp3) is 0.0909. The van der Waals surface area contributed by atoms with Crippen molar-refractivity contribution in [3.05, 3.63) is 42.5 Å². The first-order chi connectivity index (χ1) is 6.29. The van der Waals surface area contributed by atoms with Crippen LogP contribution in [-0.4, -0.2) is 6.66 Å². The summed E-state index contributed by atoms with van der Waals surface area (Å²) < 4.78 is 11.4. The highest BCUT2D eigenvalue weighted by Crippen LogP contribution is 2.21. The van der Waals surface area contributed by atoms with Crippen LogP contribution in [0.4, 0.5) is 0 Å². The van der Waals surface area contributed by atoms with Gasteiger partial charge in [-0.3, -0.25) is 0 Å². The predicted molar refractivity (Wildman–Crippen MR) is 58.5 cm³/mol. The minimum Gasteiger partial charge on any atom is -0.322 e. The van der Waals surface area contributed by atoms with Gasteiger partial charge >= 0.3 is 0 Å². The molecule has 0 saturated heterocycles. The Balaban J connectivity index is 2.83. The van der Waals surface area contributed by atoms with E-state index in [1.54, 1.807) is 6.66 Å². The summed E-state index contributed by atoms with van der Waals surface area (Å²) in [7, 11) is -1.59. The molecule has 1 atom stereocenters. The van der Waals surface area contributed by atoms with Crippen LogP contribution in [-0.2, 0) is 4.57 Å². The molecule has 0 bridgehead atoms. The average molecular weight is 190 g/mol. The van der Waals surface area contributed by atoms with E-state index in [1.807, 2.05) is 42.5 Å². The quantitative estimate of drug-likeness (QED) is 0.632. The van der Waals surface area contributed by atoms with E-state index >= 15 is 0 Å². The molecule has 2 heteroatoms. The summed E-state index contributed by atoms with van der Waals surface area (Å²) in [5.74, 6) is 0. The zero-order valence-corrected chi connectivity index (χ0v) is 8.45. The molecular weight excluding hydrogens is 179 g/mol. The zero-order chi connectivity index (χ0) is 9.26. The molecule has 0 aliphatic carbocycles. The van der Waals surface area contributed by atoms with E-state index in [2.05, 4.69) is 0 Å². The molecule has 2 aromatic rings. The Morgan fingerprint density at radius 3 is 2.46 bits per heavy atom. The van der Waals surface area contributed by atoms with E-state index in [9.17, 15) is 4.57 Å². The molecular formula is C11H11OP. The molecule has 0 amide bonds. The Labute approximate surface area is 78.2 Å². The molecule has 1 unspecified atom stereocenters. The third-order valence-corrected chi connectivity index (χ3v) is 3.36. The Bertz CT molecular complexity index is 457. The lowest BCUT2D eigenvalue weighted by Crippen LogP contribution is -1.96. The first-order valence-corrected chi connectivity index (χ1v) is 6.18. The summed E-state index contributed by atoms with van der Waals surface area (Å²) >= 11 is 0. The average Bonchev–Trinajstić information content (AvgIpc) is 2.17. The summed E-state index contributed by atoms with van der Waals surface area (Å²) in [6.07, 6.45) is 0. The van der Waals surface area contributed by atoms with Crippen LogP contribution in [0, 0.1) is 0 Å². The van der Waals surface area contributed by atoms with Gasteiger partial charge in [0.1, 0.15) is 7.80 Å². The van der Waals surface area contributed by atoms with E-state index < -0.39 is 7.80 Å². The summed E-state index contributed by atoms with van der Waals surface area (Å²) in [4.78, 5) is 0. The number of rotatable bonds is 1. The number of fused-ring (bicyclic) bond motifs is 1. The smallest absolute Gasteiger partial charge is 0.101 e. The Kier molecular flexibility index (Phi) is 2.20. The van der Waals surface area contributed by atoms with Crippen molar-refractivity contribution in [1.29, 1.82) is 0 Å². The van der Waals surface area contributed by atoms with Crippen LogP contribution in [0.2, 0.25) is 0 Å². The molecule has 66 valence electrons. The maximum absolute atomic E-state index is 11.4. The van der Waals surface area contributed by atoms with Crippen LogP contribution in [0.25, 0.3) is 10.8 Å². The molecule has 0 aliphatic rings. The molecule has 13 heavy (non-hydrogen) atoms. The van der Waals surface area contributed by atoms with Crippen molar-refractivity contribution in [3.8, 4) is 0 Å². The van der Waals surface area contributed by atoms with Crippen LogP contribution < -0.4 is 5.30 Å². The lowest BCUT2D eigenvalue weighted by atomic mass is 10.1. The molecule has 0 fully saturated rings. The van der Waals surface area contributed by atoms with Gasteiger partial charge in [0.2, 0.25) is 0 Å². The second-order valence-electron chi connectivity index (χ2n) is 3.08. The number of benzene rings is 2. The summed E-state index contributed by atoms with van der Waals surface area (Å²) in [5.41, 5.74) is 0. The van der Waals surface area contributed by atoms with Gasteiger partial charge in [-0.2, -0.15) is 0 Å². The predicted octanol–water partition coefficient (Wildman–Crippen LogP) is 2.65. The van der Waals surface area contributed by atoms with Crippen molar-refractivity contribution in [2.75, 3.05) is 6.66 Å². The second-order valence-corrected chi connectivity index (χ2v) is 4.73. The topological polar surface area (TPSA) is 17.1 Å². The molecule has 0 N–H and O–H groups in total. The fourth-order valence-electron chi connectivity index (χ4n) is 1.53. The van der Waals surface area contributed by atoms with Crippen LogP contribution in [0.3, 0.4) is 0 Å². The second kappa shape index (κ2) is 3.35. The molecule has 0 aromatic heterocycles. The minimum atomic E-state index is -1.59. The van der Waals surface area contributed by atoms with E-state index in [0.29, 0.717) is 0 Å². The molecule has 1 nitrogen and oxygen atoms in total. The van der Waals surface area contributed by atoms with Gasteiger partial charge in [0, 0.05) is 5.30 Å². The molecule has 0 heterocycles. The van der Waals surface area contributed by atoms with Gasteiger partial charge in [-0.05, 0) is 17.4 Å². The Morgan fingerprint density at radius 1 is 1.00 bits per heavy atom. The summed E-state index contributed by atoms with van der Waals surface area (Å²) in [5, 5.41) is 3.28. The highest BCUT2D eigenvalue weighted by atomic mass is 31.1. The largest absolute Gasteiger partial charge is 0.322 e. The molecule has 0 spiro atoms. The van der Waals surface area contributed by atoms with Gasteiger partial charge < -0.3 is 4.57 Å².